The third kappa shape index (κ3) is 7.85. The third-order valence-electron chi connectivity index (χ3n) is 8.17. The second kappa shape index (κ2) is 11.9. The molecule has 2 fully saturated rings. The molecule has 0 amide bonds. The van der Waals surface area contributed by atoms with Gasteiger partial charge in [0.25, 0.3) is 0 Å². The lowest BCUT2D eigenvalue weighted by atomic mass is 9.70. The number of alkyl halides is 3. The Kier molecular flexibility index (Phi) is 9.46. The van der Waals surface area contributed by atoms with Gasteiger partial charge in [-0.1, -0.05) is 52.4 Å². The van der Waals surface area contributed by atoms with Crippen LogP contribution in [-0.2, 0) is 0 Å². The first-order valence-electron chi connectivity index (χ1n) is 12.9. The monoisotopic (exact) mass is 474 g/mol. The lowest BCUT2D eigenvalue weighted by molar-refractivity contribution is -0.276. The number of benzene rings is 1. The van der Waals surface area contributed by atoms with Crippen molar-refractivity contribution in [2.45, 2.75) is 110 Å². The lowest BCUT2D eigenvalue weighted by Crippen LogP contribution is -2.23. The Hall–Kier alpha value is -1.33. The minimum atomic E-state index is -5.12. The largest absolute Gasteiger partial charge is 0.573 e. The van der Waals surface area contributed by atoms with Crippen LogP contribution in [0.1, 0.15) is 109 Å². The Balaban J connectivity index is 1.45. The van der Waals surface area contributed by atoms with Crippen LogP contribution in [0.3, 0.4) is 0 Å². The van der Waals surface area contributed by atoms with Gasteiger partial charge in [-0.05, 0) is 92.2 Å². The minimum absolute atomic E-state index is 0.0148. The molecule has 0 aliphatic heterocycles. The second-order valence-electron chi connectivity index (χ2n) is 10.6. The van der Waals surface area contributed by atoms with E-state index in [1.54, 1.807) is 0 Å². The van der Waals surface area contributed by atoms with Crippen molar-refractivity contribution in [3.8, 4) is 5.75 Å². The van der Waals surface area contributed by atoms with E-state index >= 15 is 0 Å². The quantitative estimate of drug-likeness (QED) is 0.256. The topological polar surface area (TPSA) is 9.23 Å². The van der Waals surface area contributed by atoms with Crippen LogP contribution >= 0.6 is 0 Å². The van der Waals surface area contributed by atoms with E-state index in [2.05, 4.69) is 18.6 Å². The van der Waals surface area contributed by atoms with E-state index in [4.69, 9.17) is 0 Å². The normalized spacial score (nSPS) is 27.4. The summed E-state index contributed by atoms with van der Waals surface area (Å²) in [5.41, 5.74) is 0.437. The fraction of sp³-hybridized carbons (Fsp3) is 0.778. The molecule has 33 heavy (non-hydrogen) atoms. The molecule has 2 aliphatic rings. The molecule has 0 aromatic heterocycles. The number of rotatable bonds is 9. The first-order valence-corrected chi connectivity index (χ1v) is 12.9. The van der Waals surface area contributed by atoms with Crippen LogP contribution in [0, 0.1) is 35.3 Å². The Morgan fingerprint density at radius 3 is 2.00 bits per heavy atom. The molecule has 0 heterocycles. The van der Waals surface area contributed by atoms with Crippen molar-refractivity contribution in [3.63, 3.8) is 0 Å². The van der Waals surface area contributed by atoms with E-state index < -0.39 is 23.7 Å². The Morgan fingerprint density at radius 1 is 0.879 bits per heavy atom. The first kappa shape index (κ1) is 26.3. The Labute approximate surface area is 195 Å². The second-order valence-corrected chi connectivity index (χ2v) is 10.6. The van der Waals surface area contributed by atoms with Crippen molar-refractivity contribution in [2.75, 3.05) is 0 Å². The highest BCUT2D eigenvalue weighted by atomic mass is 19.4. The molecule has 1 nitrogen and oxygen atoms in total. The number of halogens is 5. The maximum absolute atomic E-state index is 14.1. The van der Waals surface area contributed by atoms with Gasteiger partial charge >= 0.3 is 6.36 Å². The highest BCUT2D eigenvalue weighted by molar-refractivity contribution is 5.33. The highest BCUT2D eigenvalue weighted by Crippen LogP contribution is 2.43. The van der Waals surface area contributed by atoms with E-state index in [9.17, 15) is 22.0 Å². The number of ether oxygens (including phenoxy) is 1. The summed E-state index contributed by atoms with van der Waals surface area (Å²) in [6, 6.07) is 2.02. The van der Waals surface area contributed by atoms with Gasteiger partial charge in [-0.25, -0.2) is 8.78 Å². The van der Waals surface area contributed by atoms with E-state index in [0.717, 1.165) is 49.7 Å². The van der Waals surface area contributed by atoms with Gasteiger partial charge in [0.05, 0.1) is 0 Å². The van der Waals surface area contributed by atoms with Crippen LogP contribution in [0.25, 0.3) is 0 Å². The lowest BCUT2D eigenvalue weighted by Gasteiger charge is -2.36. The van der Waals surface area contributed by atoms with Gasteiger partial charge in [-0.15, -0.1) is 13.2 Å². The molecule has 0 spiro atoms. The smallest absolute Gasteiger partial charge is 0.399 e. The van der Waals surface area contributed by atoms with Crippen molar-refractivity contribution >= 4 is 0 Å². The molecule has 0 bridgehead atoms. The molecule has 0 saturated heterocycles. The van der Waals surface area contributed by atoms with Crippen molar-refractivity contribution in [3.05, 3.63) is 29.3 Å². The van der Waals surface area contributed by atoms with Gasteiger partial charge in [-0.3, -0.25) is 0 Å². The molecule has 188 valence electrons. The van der Waals surface area contributed by atoms with E-state index in [-0.39, 0.29) is 5.92 Å². The maximum atomic E-state index is 14.1. The standard InChI is InChI=1S/C27H39F5O/c1-3-4-5-6-19-7-11-21(12-8-19)18(2)15-20-9-13-22(14-10-20)23-16-24(28)26(25(29)17-23)33-27(30,31)32/h16-22H,3-15H2,1-2H3. The van der Waals surface area contributed by atoms with Crippen LogP contribution in [0.4, 0.5) is 22.0 Å². The predicted octanol–water partition coefficient (Wildman–Crippen LogP) is 9.55. The molecule has 3 rings (SSSR count). The van der Waals surface area contributed by atoms with Gasteiger partial charge in [0.15, 0.2) is 11.6 Å². The van der Waals surface area contributed by atoms with Crippen LogP contribution in [0.15, 0.2) is 12.1 Å². The molecule has 2 saturated carbocycles. The predicted molar refractivity (Wildman–Crippen MR) is 121 cm³/mol. The average Bonchev–Trinajstić information content (AvgIpc) is 2.76. The summed E-state index contributed by atoms with van der Waals surface area (Å²) in [4.78, 5) is 0. The molecule has 1 aromatic carbocycles. The van der Waals surface area contributed by atoms with Crippen LogP contribution in [-0.4, -0.2) is 6.36 Å². The summed E-state index contributed by atoms with van der Waals surface area (Å²) in [6.07, 6.45) is 10.6. The zero-order chi connectivity index (χ0) is 24.0. The summed E-state index contributed by atoms with van der Waals surface area (Å²) < 4.78 is 68.8. The van der Waals surface area contributed by atoms with Gasteiger partial charge in [0.2, 0.25) is 5.75 Å². The number of unbranched alkanes of at least 4 members (excludes halogenated alkanes) is 2. The SMILES string of the molecule is CCCCCC1CCC(C(C)CC2CCC(c3cc(F)c(OC(F)(F)F)c(F)c3)CC2)CC1. The summed E-state index contributed by atoms with van der Waals surface area (Å²) in [5, 5.41) is 0. The Bertz CT molecular complexity index is 708. The Morgan fingerprint density at radius 2 is 1.45 bits per heavy atom. The molecule has 1 aromatic rings. The summed E-state index contributed by atoms with van der Waals surface area (Å²) in [5.74, 6) is -0.892. The molecular formula is C27H39F5O. The number of hydrogen-bond acceptors (Lipinski definition) is 1. The molecule has 1 atom stereocenters. The van der Waals surface area contributed by atoms with Gasteiger partial charge < -0.3 is 4.74 Å². The summed E-state index contributed by atoms with van der Waals surface area (Å²) >= 11 is 0. The van der Waals surface area contributed by atoms with Crippen molar-refractivity contribution in [1.82, 2.24) is 0 Å². The molecule has 2 aliphatic carbocycles. The zero-order valence-electron chi connectivity index (χ0n) is 20.0. The molecule has 1 unspecified atom stereocenters. The fourth-order valence-corrected chi connectivity index (χ4v) is 6.21. The van der Waals surface area contributed by atoms with Crippen molar-refractivity contribution in [1.29, 1.82) is 0 Å². The molecular weight excluding hydrogens is 435 g/mol. The molecule has 0 N–H and O–H groups in total. The fourth-order valence-electron chi connectivity index (χ4n) is 6.21. The summed E-state index contributed by atoms with van der Waals surface area (Å²) in [6.45, 7) is 4.64. The third-order valence-corrected chi connectivity index (χ3v) is 8.17. The van der Waals surface area contributed by atoms with Gasteiger partial charge in [0.1, 0.15) is 0 Å². The zero-order valence-corrected chi connectivity index (χ0v) is 20.0. The molecule has 6 heteroatoms. The van der Waals surface area contributed by atoms with Crippen molar-refractivity contribution in [2.24, 2.45) is 23.7 Å². The molecule has 0 radical (unpaired) electrons. The van der Waals surface area contributed by atoms with E-state index in [0.29, 0.717) is 17.4 Å². The average molecular weight is 475 g/mol. The van der Waals surface area contributed by atoms with Crippen LogP contribution < -0.4 is 4.74 Å². The van der Waals surface area contributed by atoms with Crippen LogP contribution in [0.5, 0.6) is 5.75 Å². The number of hydrogen-bond donors (Lipinski definition) is 0. The van der Waals surface area contributed by atoms with E-state index in [1.165, 1.54) is 57.8 Å². The maximum Gasteiger partial charge on any atom is 0.573 e. The highest BCUT2D eigenvalue weighted by Gasteiger charge is 2.35. The van der Waals surface area contributed by atoms with Gasteiger partial charge in [0, 0.05) is 0 Å². The minimum Gasteiger partial charge on any atom is -0.399 e. The van der Waals surface area contributed by atoms with Crippen LogP contribution in [0.2, 0.25) is 0 Å². The van der Waals surface area contributed by atoms with Crippen molar-refractivity contribution < 1.29 is 26.7 Å². The summed E-state index contributed by atoms with van der Waals surface area (Å²) in [7, 11) is 0. The van der Waals surface area contributed by atoms with Gasteiger partial charge in [-0.2, -0.15) is 0 Å². The van der Waals surface area contributed by atoms with E-state index in [1.807, 2.05) is 0 Å². The first-order chi connectivity index (χ1) is 15.7.